The first kappa shape index (κ1) is 13.8. The lowest BCUT2D eigenvalue weighted by Gasteiger charge is -2.23. The van der Waals surface area contributed by atoms with Gasteiger partial charge in [-0.25, -0.2) is 9.59 Å². The first-order valence-corrected chi connectivity index (χ1v) is 5.93. The van der Waals surface area contributed by atoms with E-state index in [4.69, 9.17) is 10.2 Å². The number of carbonyl (C=O) groups is 2. The third kappa shape index (κ3) is 4.22. The molecule has 1 fully saturated rings. The molecule has 0 aliphatic carbocycles. The fraction of sp³-hybridized carbons (Fsp3) is 0.818. The molecular weight excluding hydrogens is 224 g/mol. The zero-order valence-corrected chi connectivity index (χ0v) is 10.1. The van der Waals surface area contributed by atoms with Crippen molar-refractivity contribution >= 4 is 12.0 Å². The van der Waals surface area contributed by atoms with Crippen LogP contribution in [-0.2, 0) is 4.79 Å². The van der Waals surface area contributed by atoms with Gasteiger partial charge in [0.15, 0.2) is 6.04 Å². The zero-order valence-electron chi connectivity index (χ0n) is 10.1. The first-order valence-electron chi connectivity index (χ1n) is 5.93. The summed E-state index contributed by atoms with van der Waals surface area (Å²) in [5, 5.41) is 19.9. The van der Waals surface area contributed by atoms with E-state index in [1.807, 2.05) is 0 Å². The Balaban J connectivity index is 2.48. The predicted molar refractivity (Wildman–Crippen MR) is 61.6 cm³/mol. The fourth-order valence-electron chi connectivity index (χ4n) is 1.89. The zero-order chi connectivity index (χ0) is 12.8. The van der Waals surface area contributed by atoms with Gasteiger partial charge in [0.2, 0.25) is 0 Å². The van der Waals surface area contributed by atoms with Crippen molar-refractivity contribution in [1.82, 2.24) is 10.2 Å². The molecule has 1 aliphatic heterocycles. The van der Waals surface area contributed by atoms with Crippen molar-refractivity contribution in [2.75, 3.05) is 19.7 Å². The van der Waals surface area contributed by atoms with Gasteiger partial charge in [0.05, 0.1) is 6.61 Å². The van der Waals surface area contributed by atoms with Gasteiger partial charge in [0.1, 0.15) is 0 Å². The maximum atomic E-state index is 11.8. The van der Waals surface area contributed by atoms with E-state index in [0.29, 0.717) is 19.0 Å². The molecule has 0 radical (unpaired) electrons. The van der Waals surface area contributed by atoms with Crippen molar-refractivity contribution in [1.29, 1.82) is 0 Å². The van der Waals surface area contributed by atoms with Crippen LogP contribution in [0.15, 0.2) is 0 Å². The monoisotopic (exact) mass is 244 g/mol. The molecule has 0 spiro atoms. The molecule has 2 atom stereocenters. The quantitative estimate of drug-likeness (QED) is 0.664. The van der Waals surface area contributed by atoms with E-state index in [9.17, 15) is 9.59 Å². The number of nitrogens with one attached hydrogen (secondary N) is 1. The topological polar surface area (TPSA) is 89.9 Å². The van der Waals surface area contributed by atoms with Crippen LogP contribution in [0.3, 0.4) is 0 Å². The van der Waals surface area contributed by atoms with Gasteiger partial charge in [-0.3, -0.25) is 0 Å². The van der Waals surface area contributed by atoms with Crippen LogP contribution in [0.2, 0.25) is 0 Å². The Morgan fingerprint density at radius 2 is 2.12 bits per heavy atom. The van der Waals surface area contributed by atoms with Crippen molar-refractivity contribution in [2.45, 2.75) is 32.2 Å². The third-order valence-electron chi connectivity index (χ3n) is 3.08. The van der Waals surface area contributed by atoms with E-state index in [0.717, 1.165) is 19.3 Å². The smallest absolute Gasteiger partial charge is 0.328 e. The molecule has 3 N–H and O–H groups in total. The maximum absolute atomic E-state index is 11.8. The molecule has 0 bridgehead atoms. The minimum absolute atomic E-state index is 0.402. The molecule has 6 heteroatoms. The summed E-state index contributed by atoms with van der Waals surface area (Å²) >= 11 is 0. The summed E-state index contributed by atoms with van der Waals surface area (Å²) in [5.41, 5.74) is 0. The molecule has 2 amide bonds. The molecule has 1 saturated heterocycles. The molecule has 1 unspecified atom stereocenters. The molecule has 0 aromatic carbocycles. The Morgan fingerprint density at radius 3 is 2.71 bits per heavy atom. The molecule has 1 aliphatic rings. The molecule has 0 aromatic heterocycles. The van der Waals surface area contributed by atoms with Gasteiger partial charge in [-0.05, 0) is 25.2 Å². The Labute approximate surface area is 101 Å². The van der Waals surface area contributed by atoms with Gasteiger partial charge in [-0.15, -0.1) is 0 Å². The summed E-state index contributed by atoms with van der Waals surface area (Å²) < 4.78 is 0. The maximum Gasteiger partial charge on any atom is 0.328 e. The lowest BCUT2D eigenvalue weighted by Crippen LogP contribution is -2.49. The number of urea groups is 1. The SMILES string of the molecule is CC1CCCN(C(=O)N[C@@H](CO)C(=O)O)CC1. The molecule has 98 valence electrons. The van der Waals surface area contributed by atoms with Crippen LogP contribution in [0.4, 0.5) is 4.79 Å². The minimum atomic E-state index is -1.22. The highest BCUT2D eigenvalue weighted by molar-refractivity contribution is 5.82. The molecular formula is C11H20N2O4. The van der Waals surface area contributed by atoms with Crippen molar-refractivity contribution in [3.8, 4) is 0 Å². The Kier molecular flexibility index (Phi) is 5.21. The van der Waals surface area contributed by atoms with Crippen LogP contribution in [0.5, 0.6) is 0 Å². The molecule has 17 heavy (non-hydrogen) atoms. The highest BCUT2D eigenvalue weighted by Crippen LogP contribution is 2.16. The van der Waals surface area contributed by atoms with Crippen molar-refractivity contribution in [3.05, 3.63) is 0 Å². The highest BCUT2D eigenvalue weighted by atomic mass is 16.4. The van der Waals surface area contributed by atoms with Crippen LogP contribution >= 0.6 is 0 Å². The number of aliphatic carboxylic acids is 1. The summed E-state index contributed by atoms with van der Waals surface area (Å²) in [7, 11) is 0. The summed E-state index contributed by atoms with van der Waals surface area (Å²) in [5.74, 6) is -0.620. The lowest BCUT2D eigenvalue weighted by atomic mass is 10.0. The number of aliphatic hydroxyl groups is 1. The number of hydrogen-bond donors (Lipinski definition) is 3. The van der Waals surface area contributed by atoms with Crippen molar-refractivity contribution in [2.24, 2.45) is 5.92 Å². The van der Waals surface area contributed by atoms with Crippen LogP contribution in [0, 0.1) is 5.92 Å². The van der Waals surface area contributed by atoms with Gasteiger partial charge in [0.25, 0.3) is 0 Å². The molecule has 1 heterocycles. The van der Waals surface area contributed by atoms with Crippen LogP contribution in [0.25, 0.3) is 0 Å². The van der Waals surface area contributed by atoms with Gasteiger partial charge in [0, 0.05) is 13.1 Å². The number of likely N-dealkylation sites (tertiary alicyclic amines) is 1. The summed E-state index contributed by atoms with van der Waals surface area (Å²) in [4.78, 5) is 24.1. The van der Waals surface area contributed by atoms with E-state index in [2.05, 4.69) is 12.2 Å². The van der Waals surface area contributed by atoms with Gasteiger partial charge < -0.3 is 20.4 Å². The fourth-order valence-corrected chi connectivity index (χ4v) is 1.89. The Hall–Kier alpha value is -1.30. The Bertz CT molecular complexity index is 283. The Morgan fingerprint density at radius 1 is 1.41 bits per heavy atom. The number of hydrogen-bond acceptors (Lipinski definition) is 3. The first-order chi connectivity index (χ1) is 8.04. The number of aliphatic hydroxyl groups excluding tert-OH is 1. The summed E-state index contributed by atoms with van der Waals surface area (Å²) in [6.07, 6.45) is 2.96. The van der Waals surface area contributed by atoms with Crippen LogP contribution in [-0.4, -0.2) is 52.9 Å². The standard InChI is InChI=1S/C11H20N2O4/c1-8-3-2-5-13(6-4-8)11(17)12-9(7-14)10(15)16/h8-9,14H,2-7H2,1H3,(H,12,17)(H,15,16)/t8?,9-/m0/s1. The number of carbonyl (C=O) groups excluding carboxylic acids is 1. The molecule has 0 aromatic rings. The second-order valence-corrected chi connectivity index (χ2v) is 4.55. The highest BCUT2D eigenvalue weighted by Gasteiger charge is 2.23. The summed E-state index contributed by atoms with van der Waals surface area (Å²) in [6, 6.07) is -1.62. The third-order valence-corrected chi connectivity index (χ3v) is 3.08. The second-order valence-electron chi connectivity index (χ2n) is 4.55. The minimum Gasteiger partial charge on any atom is -0.480 e. The van der Waals surface area contributed by atoms with Crippen LogP contribution < -0.4 is 5.32 Å². The normalized spacial score (nSPS) is 22.7. The number of carboxylic acids is 1. The summed E-state index contributed by atoms with van der Waals surface area (Å²) in [6.45, 7) is 2.85. The lowest BCUT2D eigenvalue weighted by molar-refractivity contribution is -0.140. The molecule has 6 nitrogen and oxygen atoms in total. The van der Waals surface area contributed by atoms with Gasteiger partial charge in [-0.1, -0.05) is 6.92 Å². The van der Waals surface area contributed by atoms with Gasteiger partial charge in [-0.2, -0.15) is 0 Å². The van der Waals surface area contributed by atoms with E-state index in [1.54, 1.807) is 4.90 Å². The van der Waals surface area contributed by atoms with Crippen LogP contribution in [0.1, 0.15) is 26.2 Å². The number of nitrogens with zero attached hydrogens (tertiary/aromatic N) is 1. The van der Waals surface area contributed by atoms with E-state index in [-0.39, 0.29) is 0 Å². The number of amides is 2. The molecule has 1 rings (SSSR count). The van der Waals surface area contributed by atoms with Gasteiger partial charge >= 0.3 is 12.0 Å². The largest absolute Gasteiger partial charge is 0.480 e. The second kappa shape index (κ2) is 6.44. The van der Waals surface area contributed by atoms with E-state index < -0.39 is 24.6 Å². The average Bonchev–Trinajstić information content (AvgIpc) is 2.50. The molecule has 0 saturated carbocycles. The van der Waals surface area contributed by atoms with Crippen molar-refractivity contribution < 1.29 is 19.8 Å². The van der Waals surface area contributed by atoms with Crippen molar-refractivity contribution in [3.63, 3.8) is 0 Å². The average molecular weight is 244 g/mol. The number of rotatable bonds is 3. The number of carboxylic acid groups (broad SMARTS) is 1. The van der Waals surface area contributed by atoms with E-state index in [1.165, 1.54) is 0 Å². The van der Waals surface area contributed by atoms with E-state index >= 15 is 0 Å². The predicted octanol–water partition coefficient (Wildman–Crippen LogP) is 0.263.